The Bertz CT molecular complexity index is 1490. The summed E-state index contributed by atoms with van der Waals surface area (Å²) in [5.74, 6) is 0.510. The summed E-state index contributed by atoms with van der Waals surface area (Å²) in [6, 6.07) is 14.3. The van der Waals surface area contributed by atoms with Gasteiger partial charge in [0.1, 0.15) is 0 Å². The number of rotatable bonds is 6. The number of benzene rings is 1. The number of carbonyl (C=O) groups is 1. The molecule has 5 rings (SSSR count). The largest absolute Gasteiger partial charge is 0.382 e. The van der Waals surface area contributed by atoms with Crippen LogP contribution < -0.4 is 16.4 Å². The maximum atomic E-state index is 12.8. The quantitative estimate of drug-likeness (QED) is 0.339. The van der Waals surface area contributed by atoms with Crippen LogP contribution in [-0.4, -0.2) is 40.7 Å². The number of anilines is 3. The number of carbonyl (C=O) groups excluding carboxylic acids is 1. The number of aromatic nitrogens is 7. The molecule has 0 saturated carbocycles. The van der Waals surface area contributed by atoms with Crippen LogP contribution in [0.2, 0.25) is 5.02 Å². The molecule has 4 N–H and O–H groups in total. The van der Waals surface area contributed by atoms with E-state index < -0.39 is 5.91 Å². The normalized spacial score (nSPS) is 10.9. The third kappa shape index (κ3) is 4.45. The van der Waals surface area contributed by atoms with E-state index in [4.69, 9.17) is 17.3 Å². The summed E-state index contributed by atoms with van der Waals surface area (Å²) in [6.07, 6.45) is 4.77. The molecule has 1 aromatic carbocycles. The smallest absolute Gasteiger partial charge is 0.274 e. The van der Waals surface area contributed by atoms with Gasteiger partial charge in [0.25, 0.3) is 5.91 Å². The van der Waals surface area contributed by atoms with Crippen molar-refractivity contribution in [3.8, 4) is 11.3 Å². The Morgan fingerprint density at radius 3 is 2.76 bits per heavy atom. The number of halogens is 1. The lowest BCUT2D eigenvalue weighted by Gasteiger charge is -2.08. The van der Waals surface area contributed by atoms with Crippen LogP contribution in [0.5, 0.6) is 0 Å². The van der Waals surface area contributed by atoms with Gasteiger partial charge in [-0.2, -0.15) is 4.52 Å². The molecule has 0 aliphatic heterocycles. The third-order valence-electron chi connectivity index (χ3n) is 4.82. The lowest BCUT2D eigenvalue weighted by atomic mass is 10.2. The molecule has 11 nitrogen and oxygen atoms in total. The Morgan fingerprint density at radius 2 is 1.94 bits per heavy atom. The van der Waals surface area contributed by atoms with Gasteiger partial charge in [-0.25, -0.2) is 9.97 Å². The number of hydrogen-bond donors (Lipinski definition) is 3. The van der Waals surface area contributed by atoms with Gasteiger partial charge in [0.05, 0.1) is 18.4 Å². The zero-order valence-electron chi connectivity index (χ0n) is 17.6. The minimum Gasteiger partial charge on any atom is -0.382 e. The summed E-state index contributed by atoms with van der Waals surface area (Å²) in [5, 5.41) is 19.3. The van der Waals surface area contributed by atoms with Gasteiger partial charge in [-0.05, 0) is 42.5 Å². The molecule has 4 aromatic heterocycles. The molecule has 0 saturated heterocycles. The molecule has 4 heterocycles. The lowest BCUT2D eigenvalue weighted by molar-refractivity contribution is 0.0945. The number of hydrogen-bond acceptors (Lipinski definition) is 9. The molecule has 0 bridgehead atoms. The number of nitrogens with one attached hydrogen (secondary N) is 2. The van der Waals surface area contributed by atoms with Gasteiger partial charge in [0.15, 0.2) is 28.8 Å². The second-order valence-corrected chi connectivity index (χ2v) is 7.58. The van der Waals surface area contributed by atoms with Gasteiger partial charge in [0.2, 0.25) is 0 Å². The second kappa shape index (κ2) is 9.08. The molecule has 168 valence electrons. The monoisotopic (exact) mass is 472 g/mol. The summed E-state index contributed by atoms with van der Waals surface area (Å²) in [7, 11) is 0. The molecule has 0 atom stereocenters. The molecular formula is C22H17ClN10O. The Morgan fingerprint density at radius 1 is 1.09 bits per heavy atom. The number of nitrogens with zero attached hydrogens (tertiary/aromatic N) is 7. The third-order valence-corrected chi connectivity index (χ3v) is 5.06. The van der Waals surface area contributed by atoms with Crippen LogP contribution in [0.3, 0.4) is 0 Å². The Balaban J connectivity index is 1.34. The predicted molar refractivity (Wildman–Crippen MR) is 126 cm³/mol. The summed E-state index contributed by atoms with van der Waals surface area (Å²) < 4.78 is 1.54. The zero-order chi connectivity index (χ0) is 23.5. The maximum absolute atomic E-state index is 12.8. The first kappa shape index (κ1) is 21.2. The van der Waals surface area contributed by atoms with E-state index in [9.17, 15) is 4.79 Å². The molecule has 12 heteroatoms. The van der Waals surface area contributed by atoms with Crippen molar-refractivity contribution >= 4 is 40.5 Å². The van der Waals surface area contributed by atoms with E-state index in [1.165, 1.54) is 10.7 Å². The average Bonchev–Trinajstić information content (AvgIpc) is 3.25. The topological polar surface area (TPSA) is 149 Å². The van der Waals surface area contributed by atoms with E-state index in [0.29, 0.717) is 28.0 Å². The predicted octanol–water partition coefficient (Wildman–Crippen LogP) is 2.89. The first-order valence-electron chi connectivity index (χ1n) is 10.1. The van der Waals surface area contributed by atoms with Crippen molar-refractivity contribution in [3.63, 3.8) is 0 Å². The molecule has 1 amide bonds. The second-order valence-electron chi connectivity index (χ2n) is 7.15. The summed E-state index contributed by atoms with van der Waals surface area (Å²) in [4.78, 5) is 25.3. The van der Waals surface area contributed by atoms with E-state index in [2.05, 4.69) is 40.9 Å². The molecular weight excluding hydrogens is 456 g/mol. The lowest BCUT2D eigenvalue weighted by Crippen LogP contribution is -2.26. The van der Waals surface area contributed by atoms with Crippen LogP contribution in [0.1, 0.15) is 16.3 Å². The van der Waals surface area contributed by atoms with E-state index in [1.54, 1.807) is 48.8 Å². The van der Waals surface area contributed by atoms with Gasteiger partial charge in [-0.15, -0.1) is 15.3 Å². The van der Waals surface area contributed by atoms with Gasteiger partial charge in [0, 0.05) is 28.7 Å². The standard InChI is InChI=1S/C22H17ClN10O/c23-14-2-1-3-15(10-14)28-17-4-5-18-30-31-19(33(18)32-17)12-27-22(34)20-21(24)26-11-16(29-20)13-6-8-25-9-7-13/h1-11H,12H2,(H2,24,26)(H,27,34)(H,28,32). The van der Waals surface area contributed by atoms with Crippen molar-refractivity contribution in [2.45, 2.75) is 6.54 Å². The molecule has 5 aromatic rings. The van der Waals surface area contributed by atoms with Gasteiger partial charge in [-0.1, -0.05) is 17.7 Å². The fourth-order valence-electron chi connectivity index (χ4n) is 3.19. The number of pyridine rings is 1. The molecule has 0 aliphatic carbocycles. The molecule has 0 fully saturated rings. The highest BCUT2D eigenvalue weighted by molar-refractivity contribution is 6.30. The van der Waals surface area contributed by atoms with Crippen LogP contribution in [0.25, 0.3) is 16.9 Å². The van der Waals surface area contributed by atoms with E-state index in [0.717, 1.165) is 11.3 Å². The van der Waals surface area contributed by atoms with Crippen molar-refractivity contribution in [2.24, 2.45) is 0 Å². The van der Waals surface area contributed by atoms with Crippen LogP contribution in [-0.2, 0) is 6.54 Å². The van der Waals surface area contributed by atoms with Gasteiger partial charge >= 0.3 is 0 Å². The SMILES string of the molecule is Nc1ncc(-c2ccncc2)nc1C(=O)NCc1nnc2ccc(Nc3cccc(Cl)c3)nn12. The molecule has 0 aliphatic rings. The average molecular weight is 473 g/mol. The Labute approximate surface area is 198 Å². The summed E-state index contributed by atoms with van der Waals surface area (Å²) in [5.41, 5.74) is 8.50. The number of amides is 1. The van der Waals surface area contributed by atoms with Crippen molar-refractivity contribution in [1.29, 1.82) is 0 Å². The highest BCUT2D eigenvalue weighted by Gasteiger charge is 2.16. The van der Waals surface area contributed by atoms with Gasteiger partial charge < -0.3 is 16.4 Å². The molecule has 0 unspecified atom stereocenters. The maximum Gasteiger partial charge on any atom is 0.274 e. The van der Waals surface area contributed by atoms with Crippen LogP contribution in [0.15, 0.2) is 67.1 Å². The Hall–Kier alpha value is -4.64. The number of nitrogens with two attached hydrogens (primary N) is 1. The van der Waals surface area contributed by atoms with E-state index in [1.807, 2.05) is 12.1 Å². The molecule has 0 radical (unpaired) electrons. The van der Waals surface area contributed by atoms with Crippen molar-refractivity contribution in [1.82, 2.24) is 40.1 Å². The van der Waals surface area contributed by atoms with Crippen molar-refractivity contribution in [2.75, 3.05) is 11.1 Å². The van der Waals surface area contributed by atoms with E-state index in [-0.39, 0.29) is 18.1 Å². The minimum absolute atomic E-state index is 0.0133. The number of fused-ring (bicyclic) bond motifs is 1. The summed E-state index contributed by atoms with van der Waals surface area (Å²) in [6.45, 7) is 0.0498. The first-order valence-corrected chi connectivity index (χ1v) is 10.5. The summed E-state index contributed by atoms with van der Waals surface area (Å²) >= 11 is 6.04. The highest BCUT2D eigenvalue weighted by atomic mass is 35.5. The van der Waals surface area contributed by atoms with Crippen molar-refractivity contribution < 1.29 is 4.79 Å². The highest BCUT2D eigenvalue weighted by Crippen LogP contribution is 2.20. The van der Waals surface area contributed by atoms with Crippen LogP contribution >= 0.6 is 11.6 Å². The number of nitrogen functional groups attached to an aromatic ring is 1. The molecule has 0 spiro atoms. The van der Waals surface area contributed by atoms with Crippen LogP contribution in [0, 0.1) is 0 Å². The first-order chi connectivity index (χ1) is 16.6. The molecule has 34 heavy (non-hydrogen) atoms. The van der Waals surface area contributed by atoms with E-state index >= 15 is 0 Å². The fraction of sp³-hybridized carbons (Fsp3) is 0.0455. The van der Waals surface area contributed by atoms with Crippen LogP contribution in [0.4, 0.5) is 17.3 Å². The Kier molecular flexibility index (Phi) is 5.67. The fourth-order valence-corrected chi connectivity index (χ4v) is 3.38. The minimum atomic E-state index is -0.495. The zero-order valence-corrected chi connectivity index (χ0v) is 18.3. The van der Waals surface area contributed by atoms with Gasteiger partial charge in [-0.3, -0.25) is 9.78 Å². The van der Waals surface area contributed by atoms with Crippen molar-refractivity contribution in [3.05, 3.63) is 83.7 Å².